The van der Waals surface area contributed by atoms with Gasteiger partial charge < -0.3 is 19.7 Å². The van der Waals surface area contributed by atoms with Gasteiger partial charge in [0.1, 0.15) is 11.5 Å². The molecule has 0 aromatic heterocycles. The van der Waals surface area contributed by atoms with Gasteiger partial charge in [-0.2, -0.15) is 0 Å². The number of amides is 2. The number of fused-ring (bicyclic) bond motifs is 1. The Kier molecular flexibility index (Phi) is 5.81. The van der Waals surface area contributed by atoms with E-state index in [1.165, 1.54) is 0 Å². The van der Waals surface area contributed by atoms with Gasteiger partial charge in [0.2, 0.25) is 0 Å². The summed E-state index contributed by atoms with van der Waals surface area (Å²) in [5, 5.41) is 5.17. The predicted octanol–water partition coefficient (Wildman–Crippen LogP) is 4.20. The molecule has 0 bridgehead atoms. The summed E-state index contributed by atoms with van der Waals surface area (Å²) in [4.78, 5) is 14.1. The van der Waals surface area contributed by atoms with E-state index in [0.717, 1.165) is 33.4 Å². The first-order chi connectivity index (χ1) is 13.1. The highest BCUT2D eigenvalue weighted by molar-refractivity contribution is 5.84. The lowest BCUT2D eigenvalue weighted by Crippen LogP contribution is -2.36. The summed E-state index contributed by atoms with van der Waals surface area (Å²) in [6.45, 7) is 0.949. The number of carbonyl (C=O) groups excluding carboxylic acids is 1. The monoisotopic (exact) mass is 364 g/mol. The molecule has 0 atom stereocenters. The molecule has 0 unspecified atom stereocenters. The molecule has 3 rings (SSSR count). The summed E-state index contributed by atoms with van der Waals surface area (Å²) >= 11 is 0. The van der Waals surface area contributed by atoms with Gasteiger partial charge in [-0.05, 0) is 40.6 Å². The Labute approximate surface area is 159 Å². The van der Waals surface area contributed by atoms with Crippen molar-refractivity contribution >= 4 is 16.8 Å². The highest BCUT2D eigenvalue weighted by Crippen LogP contribution is 2.22. The minimum atomic E-state index is -0.129. The minimum Gasteiger partial charge on any atom is -0.497 e. The second-order valence-electron chi connectivity index (χ2n) is 6.37. The Bertz CT molecular complexity index is 940. The van der Waals surface area contributed by atoms with Crippen LogP contribution in [-0.4, -0.2) is 32.2 Å². The number of urea groups is 1. The van der Waals surface area contributed by atoms with E-state index in [1.807, 2.05) is 54.6 Å². The Morgan fingerprint density at radius 3 is 2.48 bits per heavy atom. The van der Waals surface area contributed by atoms with Crippen LogP contribution < -0.4 is 14.8 Å². The third-order valence-corrected chi connectivity index (χ3v) is 4.50. The molecule has 2 amide bonds. The van der Waals surface area contributed by atoms with E-state index in [2.05, 4.69) is 11.4 Å². The molecule has 5 heteroatoms. The Morgan fingerprint density at radius 1 is 0.963 bits per heavy atom. The molecule has 3 aromatic rings. The maximum atomic E-state index is 12.4. The van der Waals surface area contributed by atoms with E-state index < -0.39 is 0 Å². The number of hydrogen-bond donors (Lipinski definition) is 1. The van der Waals surface area contributed by atoms with Crippen LogP contribution >= 0.6 is 0 Å². The smallest absolute Gasteiger partial charge is 0.317 e. The van der Waals surface area contributed by atoms with Gasteiger partial charge in [0, 0.05) is 25.7 Å². The first kappa shape index (κ1) is 18.6. The van der Waals surface area contributed by atoms with Gasteiger partial charge in [-0.25, -0.2) is 4.79 Å². The van der Waals surface area contributed by atoms with Gasteiger partial charge >= 0.3 is 6.03 Å². The SMILES string of the molecule is COc1ccc2cc(CN(C)C(=O)NCc3ccccc3OC)ccc2c1. The number of hydrogen-bond acceptors (Lipinski definition) is 3. The molecular weight excluding hydrogens is 340 g/mol. The van der Waals surface area contributed by atoms with E-state index in [0.29, 0.717) is 13.1 Å². The fourth-order valence-corrected chi connectivity index (χ4v) is 3.00. The van der Waals surface area contributed by atoms with E-state index in [1.54, 1.807) is 26.2 Å². The van der Waals surface area contributed by atoms with Gasteiger partial charge in [-0.15, -0.1) is 0 Å². The minimum absolute atomic E-state index is 0.129. The summed E-state index contributed by atoms with van der Waals surface area (Å²) in [7, 11) is 5.08. The predicted molar refractivity (Wildman–Crippen MR) is 107 cm³/mol. The maximum absolute atomic E-state index is 12.4. The molecular formula is C22H24N2O3. The summed E-state index contributed by atoms with van der Waals surface area (Å²) < 4.78 is 10.6. The van der Waals surface area contributed by atoms with Crippen LogP contribution in [0.5, 0.6) is 11.5 Å². The van der Waals surface area contributed by atoms with E-state index >= 15 is 0 Å². The van der Waals surface area contributed by atoms with Gasteiger partial charge in [-0.1, -0.05) is 36.4 Å². The van der Waals surface area contributed by atoms with Gasteiger partial charge in [0.15, 0.2) is 0 Å². The van der Waals surface area contributed by atoms with Crippen LogP contribution in [0.25, 0.3) is 10.8 Å². The van der Waals surface area contributed by atoms with Crippen LogP contribution in [-0.2, 0) is 13.1 Å². The number of rotatable bonds is 6. The number of benzene rings is 3. The van der Waals surface area contributed by atoms with Gasteiger partial charge in [0.05, 0.1) is 14.2 Å². The molecule has 0 radical (unpaired) electrons. The summed E-state index contributed by atoms with van der Waals surface area (Å²) in [6, 6.07) is 19.7. The molecule has 0 fully saturated rings. The molecule has 0 heterocycles. The van der Waals surface area contributed by atoms with Crippen LogP contribution in [0, 0.1) is 0 Å². The largest absolute Gasteiger partial charge is 0.497 e. The van der Waals surface area contributed by atoms with Crippen LogP contribution in [0.2, 0.25) is 0 Å². The molecule has 0 aliphatic heterocycles. The van der Waals surface area contributed by atoms with Crippen molar-refractivity contribution in [1.82, 2.24) is 10.2 Å². The zero-order chi connectivity index (χ0) is 19.2. The third kappa shape index (κ3) is 4.50. The van der Waals surface area contributed by atoms with Crippen LogP contribution in [0.3, 0.4) is 0 Å². The normalized spacial score (nSPS) is 10.5. The molecule has 0 spiro atoms. The van der Waals surface area contributed by atoms with E-state index in [4.69, 9.17) is 9.47 Å². The standard InChI is InChI=1S/C22H24N2O3/c1-24(22(25)23-14-19-6-4-5-7-21(19)27-3)15-16-8-9-18-13-20(26-2)11-10-17(18)12-16/h4-13H,14-15H2,1-3H3,(H,23,25). The lowest BCUT2D eigenvalue weighted by Gasteiger charge is -2.19. The molecule has 0 saturated heterocycles. The van der Waals surface area contributed by atoms with Crippen molar-refractivity contribution in [1.29, 1.82) is 0 Å². The topological polar surface area (TPSA) is 50.8 Å². The van der Waals surface area contributed by atoms with Crippen molar-refractivity contribution in [2.45, 2.75) is 13.1 Å². The lowest BCUT2D eigenvalue weighted by molar-refractivity contribution is 0.206. The molecule has 1 N–H and O–H groups in total. The van der Waals surface area contributed by atoms with Crippen molar-refractivity contribution in [3.63, 3.8) is 0 Å². The highest BCUT2D eigenvalue weighted by atomic mass is 16.5. The zero-order valence-corrected chi connectivity index (χ0v) is 15.9. The van der Waals surface area contributed by atoms with Crippen LogP contribution in [0.15, 0.2) is 60.7 Å². The quantitative estimate of drug-likeness (QED) is 0.713. The van der Waals surface area contributed by atoms with Crippen molar-refractivity contribution in [3.8, 4) is 11.5 Å². The number of nitrogens with one attached hydrogen (secondary N) is 1. The summed E-state index contributed by atoms with van der Waals surface area (Å²) in [6.07, 6.45) is 0. The average molecular weight is 364 g/mol. The van der Waals surface area contributed by atoms with Gasteiger partial charge in [-0.3, -0.25) is 0 Å². The molecule has 0 aliphatic rings. The second kappa shape index (κ2) is 8.45. The Balaban J connectivity index is 1.63. The first-order valence-electron chi connectivity index (χ1n) is 8.78. The van der Waals surface area contributed by atoms with E-state index in [-0.39, 0.29) is 6.03 Å². The van der Waals surface area contributed by atoms with E-state index in [9.17, 15) is 4.79 Å². The van der Waals surface area contributed by atoms with Crippen molar-refractivity contribution in [3.05, 3.63) is 71.8 Å². The molecule has 27 heavy (non-hydrogen) atoms. The number of ether oxygens (including phenoxy) is 2. The van der Waals surface area contributed by atoms with Crippen molar-refractivity contribution in [2.75, 3.05) is 21.3 Å². The van der Waals surface area contributed by atoms with Crippen molar-refractivity contribution in [2.24, 2.45) is 0 Å². The fourth-order valence-electron chi connectivity index (χ4n) is 3.00. The van der Waals surface area contributed by atoms with Crippen molar-refractivity contribution < 1.29 is 14.3 Å². The lowest BCUT2D eigenvalue weighted by atomic mass is 10.1. The number of para-hydroxylation sites is 1. The number of carbonyl (C=O) groups is 1. The second-order valence-corrected chi connectivity index (χ2v) is 6.37. The molecule has 5 nitrogen and oxygen atoms in total. The zero-order valence-electron chi connectivity index (χ0n) is 15.9. The molecule has 0 saturated carbocycles. The molecule has 3 aromatic carbocycles. The first-order valence-corrected chi connectivity index (χ1v) is 8.78. The fraction of sp³-hybridized carbons (Fsp3) is 0.227. The number of methoxy groups -OCH3 is 2. The summed E-state index contributed by atoms with van der Waals surface area (Å²) in [5.74, 6) is 1.61. The number of nitrogens with zero attached hydrogens (tertiary/aromatic N) is 1. The summed E-state index contributed by atoms with van der Waals surface area (Å²) in [5.41, 5.74) is 2.02. The Hall–Kier alpha value is -3.21. The highest BCUT2D eigenvalue weighted by Gasteiger charge is 2.10. The van der Waals surface area contributed by atoms with Gasteiger partial charge in [0.25, 0.3) is 0 Å². The molecule has 140 valence electrons. The third-order valence-electron chi connectivity index (χ3n) is 4.50. The van der Waals surface area contributed by atoms with Crippen LogP contribution in [0.4, 0.5) is 4.79 Å². The van der Waals surface area contributed by atoms with Crippen LogP contribution in [0.1, 0.15) is 11.1 Å². The molecule has 0 aliphatic carbocycles. The average Bonchev–Trinajstić information content (AvgIpc) is 2.71. The maximum Gasteiger partial charge on any atom is 0.317 e. The Morgan fingerprint density at radius 2 is 1.70 bits per heavy atom.